The van der Waals surface area contributed by atoms with Crippen LogP contribution in [0.15, 0.2) is 34.9 Å². The van der Waals surface area contributed by atoms with Crippen molar-refractivity contribution in [3.8, 4) is 5.75 Å². The highest BCUT2D eigenvalue weighted by molar-refractivity contribution is 5.91. The van der Waals surface area contributed by atoms with E-state index in [4.69, 9.17) is 15.0 Å². The number of nitrogens with two attached hydrogens (primary N) is 1. The fourth-order valence-corrected chi connectivity index (χ4v) is 2.82. The first kappa shape index (κ1) is 15.2. The molecule has 1 aliphatic rings. The van der Waals surface area contributed by atoms with Gasteiger partial charge in [0.2, 0.25) is 5.88 Å². The molecule has 1 fully saturated rings. The molecule has 23 heavy (non-hydrogen) atoms. The second kappa shape index (κ2) is 6.60. The molecule has 7 nitrogen and oxygen atoms in total. The number of nitrogens with one attached hydrogen (secondary N) is 1. The monoisotopic (exact) mass is 316 g/mol. The van der Waals surface area contributed by atoms with Crippen LogP contribution in [0.2, 0.25) is 0 Å². The molecule has 0 unspecified atom stereocenters. The third kappa shape index (κ3) is 3.39. The molecule has 0 radical (unpaired) electrons. The summed E-state index contributed by atoms with van der Waals surface area (Å²) in [4.78, 5) is 14.2. The molecular formula is C16H20N4O3. The van der Waals surface area contributed by atoms with Crippen molar-refractivity contribution in [2.75, 3.05) is 31.2 Å². The predicted octanol–water partition coefficient (Wildman–Crippen LogP) is 2.68. The lowest BCUT2D eigenvalue weighted by Crippen LogP contribution is -2.40. The summed E-state index contributed by atoms with van der Waals surface area (Å²) in [5, 5.41) is 6.86. The van der Waals surface area contributed by atoms with Crippen molar-refractivity contribution in [3.05, 3.63) is 36.0 Å². The number of piperidine rings is 1. The van der Waals surface area contributed by atoms with E-state index in [1.54, 1.807) is 18.1 Å². The number of benzene rings is 1. The van der Waals surface area contributed by atoms with Crippen LogP contribution in [0.3, 0.4) is 0 Å². The molecule has 1 aromatic heterocycles. The maximum atomic E-state index is 12.4. The summed E-state index contributed by atoms with van der Waals surface area (Å²) >= 11 is 0. The Morgan fingerprint density at radius 1 is 1.39 bits per heavy atom. The number of ether oxygens (including phenoxy) is 1. The SMILES string of the molecule is COc1ccccc1NC(=O)N1CCC(c2cc(N)on2)CC1. The Kier molecular flexibility index (Phi) is 4.36. The van der Waals surface area contributed by atoms with E-state index in [1.807, 2.05) is 24.3 Å². The molecule has 0 spiro atoms. The quantitative estimate of drug-likeness (QED) is 0.908. The van der Waals surface area contributed by atoms with Gasteiger partial charge in [-0.25, -0.2) is 4.79 Å². The minimum Gasteiger partial charge on any atom is -0.495 e. The normalized spacial score (nSPS) is 15.4. The minimum atomic E-state index is -0.118. The van der Waals surface area contributed by atoms with E-state index in [-0.39, 0.29) is 11.9 Å². The molecule has 1 aromatic carbocycles. The summed E-state index contributed by atoms with van der Waals surface area (Å²) in [6.07, 6.45) is 1.68. The summed E-state index contributed by atoms with van der Waals surface area (Å²) < 4.78 is 10.2. The maximum Gasteiger partial charge on any atom is 0.321 e. The number of carbonyl (C=O) groups is 1. The van der Waals surface area contributed by atoms with Gasteiger partial charge in [-0.15, -0.1) is 0 Å². The Bertz CT molecular complexity index is 677. The van der Waals surface area contributed by atoms with Crippen LogP contribution in [0.1, 0.15) is 24.5 Å². The molecule has 1 saturated heterocycles. The van der Waals surface area contributed by atoms with Gasteiger partial charge in [-0.05, 0) is 25.0 Å². The Hall–Kier alpha value is -2.70. The van der Waals surface area contributed by atoms with Crippen molar-refractivity contribution in [2.45, 2.75) is 18.8 Å². The molecule has 0 aliphatic carbocycles. The summed E-state index contributed by atoms with van der Waals surface area (Å²) in [5.74, 6) is 1.26. The van der Waals surface area contributed by atoms with Crippen LogP contribution in [0, 0.1) is 0 Å². The van der Waals surface area contributed by atoms with Gasteiger partial charge in [-0.1, -0.05) is 17.3 Å². The summed E-state index contributed by atoms with van der Waals surface area (Å²) in [6, 6.07) is 9.00. The lowest BCUT2D eigenvalue weighted by Gasteiger charge is -2.31. The first-order valence-electron chi connectivity index (χ1n) is 7.58. The van der Waals surface area contributed by atoms with Crippen LogP contribution >= 0.6 is 0 Å². The summed E-state index contributed by atoms with van der Waals surface area (Å²) in [5.41, 5.74) is 7.10. The fourth-order valence-electron chi connectivity index (χ4n) is 2.82. The zero-order chi connectivity index (χ0) is 16.2. The number of nitrogens with zero attached hydrogens (tertiary/aromatic N) is 2. The van der Waals surface area contributed by atoms with Crippen molar-refractivity contribution in [1.82, 2.24) is 10.1 Å². The van der Waals surface area contributed by atoms with Gasteiger partial charge in [0.25, 0.3) is 0 Å². The molecule has 0 atom stereocenters. The van der Waals surface area contributed by atoms with E-state index in [0.717, 1.165) is 18.5 Å². The second-order valence-electron chi connectivity index (χ2n) is 5.55. The maximum absolute atomic E-state index is 12.4. The number of nitrogen functional groups attached to an aromatic ring is 1. The van der Waals surface area contributed by atoms with Gasteiger partial charge < -0.3 is 25.2 Å². The third-order valence-electron chi connectivity index (χ3n) is 4.10. The average molecular weight is 316 g/mol. The van der Waals surface area contributed by atoms with E-state index in [1.165, 1.54) is 0 Å². The number of anilines is 2. The van der Waals surface area contributed by atoms with E-state index >= 15 is 0 Å². The highest BCUT2D eigenvalue weighted by Gasteiger charge is 2.26. The van der Waals surface area contributed by atoms with Gasteiger partial charge >= 0.3 is 6.03 Å². The van der Waals surface area contributed by atoms with Crippen LogP contribution in [0.25, 0.3) is 0 Å². The van der Waals surface area contributed by atoms with Crippen LogP contribution in [-0.4, -0.2) is 36.3 Å². The van der Waals surface area contributed by atoms with Crippen molar-refractivity contribution in [3.63, 3.8) is 0 Å². The zero-order valence-corrected chi connectivity index (χ0v) is 13.0. The molecule has 0 bridgehead atoms. The highest BCUT2D eigenvalue weighted by Crippen LogP contribution is 2.29. The van der Waals surface area contributed by atoms with Gasteiger partial charge in [-0.3, -0.25) is 0 Å². The van der Waals surface area contributed by atoms with E-state index in [9.17, 15) is 4.79 Å². The van der Waals surface area contributed by atoms with Gasteiger partial charge in [-0.2, -0.15) is 0 Å². The van der Waals surface area contributed by atoms with E-state index < -0.39 is 0 Å². The highest BCUT2D eigenvalue weighted by atomic mass is 16.5. The fraction of sp³-hybridized carbons (Fsp3) is 0.375. The Morgan fingerprint density at radius 2 is 2.13 bits per heavy atom. The lowest BCUT2D eigenvalue weighted by atomic mass is 9.94. The Morgan fingerprint density at radius 3 is 2.78 bits per heavy atom. The standard InChI is InChI=1S/C16H20N4O3/c1-22-14-5-3-2-4-12(14)18-16(21)20-8-6-11(7-9-20)13-10-15(17)23-19-13/h2-5,10-11H,6-9,17H2,1H3,(H,18,21). The number of hydrogen-bond donors (Lipinski definition) is 2. The number of hydrogen-bond acceptors (Lipinski definition) is 5. The predicted molar refractivity (Wildman–Crippen MR) is 86.5 cm³/mol. The number of urea groups is 1. The topological polar surface area (TPSA) is 93.6 Å². The molecular weight excluding hydrogens is 296 g/mol. The van der Waals surface area contributed by atoms with Gasteiger partial charge in [0, 0.05) is 25.1 Å². The van der Waals surface area contributed by atoms with Crippen molar-refractivity contribution in [1.29, 1.82) is 0 Å². The number of likely N-dealkylation sites (tertiary alicyclic amines) is 1. The van der Waals surface area contributed by atoms with Crippen molar-refractivity contribution in [2.24, 2.45) is 0 Å². The number of amides is 2. The Balaban J connectivity index is 1.58. The molecule has 2 amide bonds. The number of rotatable bonds is 3. The average Bonchev–Trinajstić information content (AvgIpc) is 3.02. The van der Waals surface area contributed by atoms with Gasteiger partial charge in [0.1, 0.15) is 5.75 Å². The lowest BCUT2D eigenvalue weighted by molar-refractivity contribution is 0.193. The first-order valence-corrected chi connectivity index (χ1v) is 7.58. The first-order chi connectivity index (χ1) is 11.2. The van der Waals surface area contributed by atoms with E-state index in [2.05, 4.69) is 10.5 Å². The minimum absolute atomic E-state index is 0.118. The molecule has 2 heterocycles. The molecule has 7 heteroatoms. The summed E-state index contributed by atoms with van der Waals surface area (Å²) in [6.45, 7) is 1.33. The second-order valence-corrected chi connectivity index (χ2v) is 5.55. The van der Waals surface area contributed by atoms with Crippen molar-refractivity contribution < 1.29 is 14.1 Å². The number of para-hydroxylation sites is 2. The zero-order valence-electron chi connectivity index (χ0n) is 13.0. The van der Waals surface area contributed by atoms with Gasteiger partial charge in [0.15, 0.2) is 0 Å². The number of methoxy groups -OCH3 is 1. The largest absolute Gasteiger partial charge is 0.495 e. The smallest absolute Gasteiger partial charge is 0.321 e. The van der Waals surface area contributed by atoms with Crippen molar-refractivity contribution >= 4 is 17.6 Å². The summed E-state index contributed by atoms with van der Waals surface area (Å²) in [7, 11) is 1.58. The molecule has 0 saturated carbocycles. The molecule has 3 N–H and O–H groups in total. The number of aromatic nitrogens is 1. The van der Waals surface area contributed by atoms with Crippen LogP contribution in [0.5, 0.6) is 5.75 Å². The Labute approximate surface area is 134 Å². The molecule has 3 rings (SSSR count). The van der Waals surface area contributed by atoms with Gasteiger partial charge in [0.05, 0.1) is 18.5 Å². The van der Waals surface area contributed by atoms with Crippen LogP contribution in [-0.2, 0) is 0 Å². The van der Waals surface area contributed by atoms with Crippen LogP contribution < -0.4 is 15.8 Å². The van der Waals surface area contributed by atoms with E-state index in [0.29, 0.717) is 30.4 Å². The molecule has 2 aromatic rings. The molecule has 1 aliphatic heterocycles. The third-order valence-corrected chi connectivity index (χ3v) is 4.10. The molecule has 122 valence electrons. The number of carbonyl (C=O) groups excluding carboxylic acids is 1. The van der Waals surface area contributed by atoms with Crippen LogP contribution in [0.4, 0.5) is 16.4 Å².